The maximum absolute atomic E-state index is 11.0. The number of rotatable bonds is 1. The molecule has 5 heteroatoms. The van der Waals surface area contributed by atoms with Crippen molar-refractivity contribution in [2.24, 2.45) is 0 Å². The van der Waals surface area contributed by atoms with Crippen molar-refractivity contribution in [1.82, 2.24) is 4.98 Å². The van der Waals surface area contributed by atoms with Crippen molar-refractivity contribution in [3.63, 3.8) is 0 Å². The topological polar surface area (TPSA) is 65.2 Å². The molecule has 0 atom stereocenters. The molecular formula is C7H7BrN2O2. The molecule has 0 aliphatic carbocycles. The van der Waals surface area contributed by atoms with Crippen LogP contribution in [0.5, 0.6) is 0 Å². The summed E-state index contributed by atoms with van der Waals surface area (Å²) in [6.07, 6.45) is 1.45. The van der Waals surface area contributed by atoms with Crippen LogP contribution in [-0.4, -0.2) is 18.1 Å². The van der Waals surface area contributed by atoms with Gasteiger partial charge in [0.25, 0.3) is 0 Å². The number of nitrogens with two attached hydrogens (primary N) is 1. The molecule has 0 saturated carbocycles. The van der Waals surface area contributed by atoms with Gasteiger partial charge in [-0.15, -0.1) is 0 Å². The van der Waals surface area contributed by atoms with E-state index in [4.69, 9.17) is 5.73 Å². The van der Waals surface area contributed by atoms with Crippen LogP contribution in [-0.2, 0) is 4.74 Å². The molecule has 0 fully saturated rings. The van der Waals surface area contributed by atoms with E-state index in [0.29, 0.717) is 10.2 Å². The van der Waals surface area contributed by atoms with E-state index in [1.807, 2.05) is 0 Å². The summed E-state index contributed by atoms with van der Waals surface area (Å²) in [4.78, 5) is 14.8. The van der Waals surface area contributed by atoms with Crippen molar-refractivity contribution in [2.75, 3.05) is 12.8 Å². The average Bonchev–Trinajstić information content (AvgIpc) is 2.08. The summed E-state index contributed by atoms with van der Waals surface area (Å²) in [6.45, 7) is 0. The maximum Gasteiger partial charge on any atom is 0.357 e. The third-order valence-corrected chi connectivity index (χ3v) is 2.13. The Morgan fingerprint density at radius 1 is 1.75 bits per heavy atom. The van der Waals surface area contributed by atoms with Crippen LogP contribution in [0.15, 0.2) is 16.7 Å². The third-order valence-electron chi connectivity index (χ3n) is 1.30. The van der Waals surface area contributed by atoms with E-state index < -0.39 is 5.97 Å². The van der Waals surface area contributed by atoms with Crippen molar-refractivity contribution in [3.8, 4) is 0 Å². The molecule has 0 bridgehead atoms. The molecule has 2 N–H and O–H groups in total. The van der Waals surface area contributed by atoms with Crippen LogP contribution in [0.2, 0.25) is 0 Å². The van der Waals surface area contributed by atoms with E-state index in [-0.39, 0.29) is 5.69 Å². The number of hydrogen-bond acceptors (Lipinski definition) is 4. The number of anilines is 1. The fourth-order valence-electron chi connectivity index (χ4n) is 0.698. The van der Waals surface area contributed by atoms with E-state index >= 15 is 0 Å². The Balaban J connectivity index is 3.16. The standard InChI is InChI=1S/C7H7BrN2O2/c1-12-7(11)6-5(8)4(9)2-3-10-6/h2-3H,1H3,(H2,9,10). The van der Waals surface area contributed by atoms with Crippen molar-refractivity contribution < 1.29 is 9.53 Å². The highest BCUT2D eigenvalue weighted by atomic mass is 79.9. The number of ether oxygens (including phenoxy) is 1. The Labute approximate surface area is 77.9 Å². The van der Waals surface area contributed by atoms with Crippen molar-refractivity contribution in [1.29, 1.82) is 0 Å². The fraction of sp³-hybridized carbons (Fsp3) is 0.143. The molecule has 0 aromatic carbocycles. The molecule has 12 heavy (non-hydrogen) atoms. The lowest BCUT2D eigenvalue weighted by molar-refractivity contribution is 0.0593. The van der Waals surface area contributed by atoms with Crippen LogP contribution in [0.25, 0.3) is 0 Å². The Morgan fingerprint density at radius 2 is 2.42 bits per heavy atom. The first-order chi connectivity index (χ1) is 5.66. The summed E-state index contributed by atoms with van der Waals surface area (Å²) in [5, 5.41) is 0. The number of pyridine rings is 1. The third kappa shape index (κ3) is 1.55. The van der Waals surface area contributed by atoms with Gasteiger partial charge in [0, 0.05) is 11.9 Å². The van der Waals surface area contributed by atoms with Crippen LogP contribution in [0.3, 0.4) is 0 Å². The Hall–Kier alpha value is -1.10. The summed E-state index contributed by atoms with van der Waals surface area (Å²) in [5.74, 6) is -0.505. The quantitative estimate of drug-likeness (QED) is 0.737. The van der Waals surface area contributed by atoms with Gasteiger partial charge in [0.1, 0.15) is 0 Å². The lowest BCUT2D eigenvalue weighted by Gasteiger charge is -2.02. The van der Waals surface area contributed by atoms with Gasteiger partial charge in [-0.2, -0.15) is 0 Å². The van der Waals surface area contributed by atoms with Gasteiger partial charge in [-0.1, -0.05) is 0 Å². The molecule has 1 aromatic rings. The monoisotopic (exact) mass is 230 g/mol. The molecule has 0 unspecified atom stereocenters. The first kappa shape index (κ1) is 8.99. The van der Waals surface area contributed by atoms with E-state index in [0.717, 1.165) is 0 Å². The summed E-state index contributed by atoms with van der Waals surface area (Å²) in [5.41, 5.74) is 6.17. The highest BCUT2D eigenvalue weighted by Crippen LogP contribution is 2.21. The number of hydrogen-bond donors (Lipinski definition) is 1. The van der Waals surface area contributed by atoms with Crippen molar-refractivity contribution in [2.45, 2.75) is 0 Å². The number of aromatic nitrogens is 1. The minimum atomic E-state index is -0.505. The first-order valence-corrected chi connectivity index (χ1v) is 3.94. The van der Waals surface area contributed by atoms with E-state index in [1.165, 1.54) is 13.3 Å². The van der Waals surface area contributed by atoms with Gasteiger partial charge in [0.2, 0.25) is 0 Å². The summed E-state index contributed by atoms with van der Waals surface area (Å²) in [7, 11) is 1.29. The summed E-state index contributed by atoms with van der Waals surface area (Å²) >= 11 is 3.13. The van der Waals surface area contributed by atoms with Crippen molar-refractivity contribution >= 4 is 27.6 Å². The molecule has 64 valence electrons. The normalized spacial score (nSPS) is 9.50. The van der Waals surface area contributed by atoms with Crippen LogP contribution < -0.4 is 5.73 Å². The van der Waals surface area contributed by atoms with E-state index in [1.54, 1.807) is 6.07 Å². The number of esters is 1. The van der Waals surface area contributed by atoms with Crippen LogP contribution >= 0.6 is 15.9 Å². The summed E-state index contributed by atoms with van der Waals surface area (Å²) in [6, 6.07) is 1.59. The number of nitrogens with zero attached hydrogens (tertiary/aromatic N) is 1. The van der Waals surface area contributed by atoms with Crippen LogP contribution in [0.4, 0.5) is 5.69 Å². The number of carbonyl (C=O) groups is 1. The average molecular weight is 231 g/mol. The first-order valence-electron chi connectivity index (χ1n) is 3.15. The maximum atomic E-state index is 11.0. The van der Waals surface area contributed by atoms with E-state index in [9.17, 15) is 4.79 Å². The summed E-state index contributed by atoms with van der Waals surface area (Å²) < 4.78 is 4.95. The molecule has 0 radical (unpaired) electrons. The predicted molar refractivity (Wildman–Crippen MR) is 47.7 cm³/mol. The molecular weight excluding hydrogens is 224 g/mol. The van der Waals surface area contributed by atoms with Gasteiger partial charge in [-0.25, -0.2) is 9.78 Å². The minimum absolute atomic E-state index is 0.192. The Bertz CT molecular complexity index is 314. The smallest absolute Gasteiger partial charge is 0.357 e. The highest BCUT2D eigenvalue weighted by molar-refractivity contribution is 9.10. The van der Waals surface area contributed by atoms with Gasteiger partial charge < -0.3 is 10.5 Å². The highest BCUT2D eigenvalue weighted by Gasteiger charge is 2.12. The second kappa shape index (κ2) is 3.53. The molecule has 0 saturated heterocycles. The van der Waals surface area contributed by atoms with E-state index in [2.05, 4.69) is 25.7 Å². The Kier molecular flexibility index (Phi) is 2.65. The van der Waals surface area contributed by atoms with Gasteiger partial charge in [0.05, 0.1) is 11.6 Å². The molecule has 1 heterocycles. The SMILES string of the molecule is COC(=O)c1nccc(N)c1Br. The zero-order valence-corrected chi connectivity index (χ0v) is 7.96. The van der Waals surface area contributed by atoms with Gasteiger partial charge in [-0.05, 0) is 22.0 Å². The van der Waals surface area contributed by atoms with Gasteiger partial charge >= 0.3 is 5.97 Å². The van der Waals surface area contributed by atoms with Crippen LogP contribution in [0.1, 0.15) is 10.5 Å². The number of nitrogen functional groups attached to an aromatic ring is 1. The predicted octanol–water partition coefficient (Wildman–Crippen LogP) is 1.21. The van der Waals surface area contributed by atoms with Crippen LogP contribution in [0, 0.1) is 0 Å². The molecule has 4 nitrogen and oxygen atoms in total. The zero-order valence-electron chi connectivity index (χ0n) is 6.37. The zero-order chi connectivity index (χ0) is 9.14. The second-order valence-electron chi connectivity index (χ2n) is 2.05. The molecule has 0 aliphatic rings. The number of halogens is 1. The van der Waals surface area contributed by atoms with Crippen molar-refractivity contribution in [3.05, 3.63) is 22.4 Å². The molecule has 0 spiro atoms. The molecule has 1 aromatic heterocycles. The molecule has 1 rings (SSSR count). The Morgan fingerprint density at radius 3 is 3.00 bits per heavy atom. The lowest BCUT2D eigenvalue weighted by Crippen LogP contribution is -2.06. The number of methoxy groups -OCH3 is 1. The molecule has 0 amide bonds. The van der Waals surface area contributed by atoms with Gasteiger partial charge in [-0.3, -0.25) is 0 Å². The fourth-order valence-corrected chi connectivity index (χ4v) is 1.09. The molecule has 0 aliphatic heterocycles. The number of carbonyl (C=O) groups excluding carboxylic acids is 1. The van der Waals surface area contributed by atoms with Gasteiger partial charge in [0.15, 0.2) is 5.69 Å². The largest absolute Gasteiger partial charge is 0.464 e. The lowest BCUT2D eigenvalue weighted by atomic mass is 10.3. The minimum Gasteiger partial charge on any atom is -0.464 e. The second-order valence-corrected chi connectivity index (χ2v) is 2.85.